The van der Waals surface area contributed by atoms with Gasteiger partial charge in [0.1, 0.15) is 18.6 Å². The predicted molar refractivity (Wildman–Crippen MR) is 90.8 cm³/mol. The maximum absolute atomic E-state index is 12.1. The Bertz CT molecular complexity index is 622. The van der Waals surface area contributed by atoms with Crippen LogP contribution in [0, 0.1) is 12.3 Å². The van der Waals surface area contributed by atoms with Gasteiger partial charge in [-0.05, 0) is 19.5 Å². The molecule has 1 aromatic carbocycles. The summed E-state index contributed by atoms with van der Waals surface area (Å²) in [6.07, 6.45) is 7.41. The number of ether oxygens (including phenoxy) is 1. The van der Waals surface area contributed by atoms with E-state index in [4.69, 9.17) is 11.2 Å². The van der Waals surface area contributed by atoms with Crippen molar-refractivity contribution in [3.05, 3.63) is 29.3 Å². The van der Waals surface area contributed by atoms with Crippen molar-refractivity contribution in [3.8, 4) is 18.1 Å². The van der Waals surface area contributed by atoms with Crippen LogP contribution >= 0.6 is 0 Å². The van der Waals surface area contributed by atoms with E-state index in [1.54, 1.807) is 37.2 Å². The summed E-state index contributed by atoms with van der Waals surface area (Å²) in [6, 6.07) is 4.63. The molecule has 24 heavy (non-hydrogen) atoms. The molecule has 0 heterocycles. The molecule has 0 saturated carbocycles. The number of hydrogen-bond donors (Lipinski definition) is 1. The molecular weight excluding hydrogens is 308 g/mol. The van der Waals surface area contributed by atoms with Crippen molar-refractivity contribution in [1.29, 1.82) is 0 Å². The maximum atomic E-state index is 12.1. The smallest absolute Gasteiger partial charge is 0.237 e. The molecule has 0 aliphatic rings. The van der Waals surface area contributed by atoms with E-state index in [0.29, 0.717) is 29.8 Å². The fourth-order valence-electron chi connectivity index (χ4n) is 2.42. The Balaban J connectivity index is 3.07. The first-order valence-electron chi connectivity index (χ1n) is 7.57. The monoisotopic (exact) mass is 330 g/mol. The highest BCUT2D eigenvalue weighted by molar-refractivity contribution is 5.82. The van der Waals surface area contributed by atoms with Crippen LogP contribution in [-0.2, 0) is 16.1 Å². The van der Waals surface area contributed by atoms with Gasteiger partial charge in [0.2, 0.25) is 5.91 Å². The first-order valence-corrected chi connectivity index (χ1v) is 7.57. The lowest BCUT2D eigenvalue weighted by Crippen LogP contribution is -2.43. The summed E-state index contributed by atoms with van der Waals surface area (Å²) in [5.41, 5.74) is 1.13. The van der Waals surface area contributed by atoms with Crippen molar-refractivity contribution in [3.63, 3.8) is 0 Å². The van der Waals surface area contributed by atoms with Gasteiger partial charge in [-0.3, -0.25) is 14.5 Å². The lowest BCUT2D eigenvalue weighted by Gasteiger charge is -2.27. The van der Waals surface area contributed by atoms with Crippen LogP contribution in [-0.4, -0.2) is 50.1 Å². The highest BCUT2D eigenvalue weighted by Crippen LogP contribution is 2.24. The van der Waals surface area contributed by atoms with E-state index in [-0.39, 0.29) is 18.9 Å². The number of nitrogens with zero attached hydrogens (tertiary/aromatic N) is 1. The molecular formula is C18H22N2O4. The summed E-state index contributed by atoms with van der Waals surface area (Å²) < 4.78 is 5.50. The van der Waals surface area contributed by atoms with Crippen molar-refractivity contribution in [2.75, 3.05) is 20.7 Å². The van der Waals surface area contributed by atoms with Crippen LogP contribution in [0.3, 0.4) is 0 Å². The number of benzene rings is 1. The number of nitrogens with one attached hydrogen (secondary N) is 1. The fourth-order valence-corrected chi connectivity index (χ4v) is 2.42. The second-order valence-corrected chi connectivity index (χ2v) is 5.22. The maximum Gasteiger partial charge on any atom is 0.237 e. The minimum Gasteiger partial charge on any atom is -0.481 e. The average molecular weight is 330 g/mol. The zero-order valence-corrected chi connectivity index (χ0v) is 14.0. The molecule has 0 saturated heterocycles. The normalized spacial score (nSPS) is 11.4. The third-order valence-electron chi connectivity index (χ3n) is 3.65. The largest absolute Gasteiger partial charge is 0.481 e. The van der Waals surface area contributed by atoms with Crippen LogP contribution in [0.25, 0.3) is 0 Å². The topological polar surface area (TPSA) is 75.7 Å². The van der Waals surface area contributed by atoms with E-state index in [1.807, 2.05) is 0 Å². The molecule has 1 unspecified atom stereocenters. The van der Waals surface area contributed by atoms with Crippen molar-refractivity contribution in [1.82, 2.24) is 10.2 Å². The highest BCUT2D eigenvalue weighted by atomic mass is 16.5. The first-order chi connectivity index (χ1) is 11.6. The molecule has 0 radical (unpaired) electrons. The van der Waals surface area contributed by atoms with Crippen LogP contribution in [0.5, 0.6) is 5.75 Å². The lowest BCUT2D eigenvalue weighted by molar-refractivity contribution is -0.126. The molecule has 1 aromatic rings. The Morgan fingerprint density at radius 3 is 2.79 bits per heavy atom. The highest BCUT2D eigenvalue weighted by Gasteiger charge is 2.23. The summed E-state index contributed by atoms with van der Waals surface area (Å²) >= 11 is 0. The van der Waals surface area contributed by atoms with Gasteiger partial charge < -0.3 is 14.8 Å². The van der Waals surface area contributed by atoms with Gasteiger partial charge in [0.05, 0.1) is 6.04 Å². The van der Waals surface area contributed by atoms with Crippen LogP contribution in [0.1, 0.15) is 28.8 Å². The number of carbonyl (C=O) groups excluding carboxylic acids is 3. The number of aldehydes is 2. The molecule has 0 bridgehead atoms. The van der Waals surface area contributed by atoms with Gasteiger partial charge in [0.25, 0.3) is 0 Å². The standard InChI is InChI=1S/C18H22N2O4/c1-4-11-24-17-9-5-7-14(13-22)15(17)12-20(3)16(8-6-10-21)18(23)19-2/h1,5,7,9-10,13,16H,6,8,11-12H2,2-3H3,(H,19,23). The zero-order chi connectivity index (χ0) is 17.9. The molecule has 1 amide bonds. The van der Waals surface area contributed by atoms with Crippen molar-refractivity contribution in [2.24, 2.45) is 0 Å². The van der Waals surface area contributed by atoms with E-state index in [2.05, 4.69) is 11.2 Å². The van der Waals surface area contributed by atoms with Crippen LogP contribution in [0.2, 0.25) is 0 Å². The molecule has 0 aromatic heterocycles. The summed E-state index contributed by atoms with van der Waals surface area (Å²) in [6.45, 7) is 0.398. The van der Waals surface area contributed by atoms with Gasteiger partial charge in [-0.1, -0.05) is 18.1 Å². The number of hydrogen-bond acceptors (Lipinski definition) is 5. The summed E-state index contributed by atoms with van der Waals surface area (Å²) in [4.78, 5) is 35.8. The third-order valence-corrected chi connectivity index (χ3v) is 3.65. The van der Waals surface area contributed by atoms with Crippen LogP contribution < -0.4 is 10.1 Å². The quantitative estimate of drug-likeness (QED) is 0.512. The van der Waals surface area contributed by atoms with Gasteiger partial charge in [0.15, 0.2) is 6.29 Å². The molecule has 1 N–H and O–H groups in total. The van der Waals surface area contributed by atoms with Gasteiger partial charge in [-0.25, -0.2) is 0 Å². The van der Waals surface area contributed by atoms with Crippen molar-refractivity contribution in [2.45, 2.75) is 25.4 Å². The van der Waals surface area contributed by atoms with Gasteiger partial charge >= 0.3 is 0 Å². The zero-order valence-electron chi connectivity index (χ0n) is 14.0. The second kappa shape index (κ2) is 10.2. The summed E-state index contributed by atoms with van der Waals surface area (Å²) in [5, 5.41) is 2.59. The third kappa shape index (κ3) is 5.21. The number of rotatable bonds is 10. The van der Waals surface area contributed by atoms with E-state index in [1.165, 1.54) is 0 Å². The second-order valence-electron chi connectivity index (χ2n) is 5.22. The van der Waals surface area contributed by atoms with Gasteiger partial charge in [-0.15, -0.1) is 6.42 Å². The van der Waals surface area contributed by atoms with Gasteiger partial charge in [0, 0.05) is 31.1 Å². The lowest BCUT2D eigenvalue weighted by atomic mass is 10.0. The Labute approximate surface area is 142 Å². The van der Waals surface area contributed by atoms with Gasteiger partial charge in [-0.2, -0.15) is 0 Å². The summed E-state index contributed by atoms with van der Waals surface area (Å²) in [7, 11) is 3.31. The molecule has 6 nitrogen and oxygen atoms in total. The molecule has 6 heteroatoms. The number of amides is 1. The summed E-state index contributed by atoms with van der Waals surface area (Å²) in [5.74, 6) is 2.71. The molecule has 0 aliphatic heterocycles. The number of terminal acetylenes is 1. The van der Waals surface area contributed by atoms with Crippen LogP contribution in [0.15, 0.2) is 18.2 Å². The molecule has 1 rings (SSSR count). The molecule has 0 fully saturated rings. The van der Waals surface area contributed by atoms with E-state index in [9.17, 15) is 14.4 Å². The van der Waals surface area contributed by atoms with E-state index >= 15 is 0 Å². The van der Waals surface area contributed by atoms with Crippen LogP contribution in [0.4, 0.5) is 0 Å². The Hall–Kier alpha value is -2.65. The predicted octanol–water partition coefficient (Wildman–Crippen LogP) is 1.04. The number of carbonyl (C=O) groups is 3. The molecule has 0 aliphatic carbocycles. The number of likely N-dealkylation sites (N-methyl/N-ethyl adjacent to an activating group) is 2. The minimum atomic E-state index is -0.486. The van der Waals surface area contributed by atoms with E-state index < -0.39 is 6.04 Å². The Kier molecular flexibility index (Phi) is 8.23. The minimum absolute atomic E-state index is 0.0864. The average Bonchev–Trinajstić information content (AvgIpc) is 2.60. The Morgan fingerprint density at radius 2 is 2.21 bits per heavy atom. The molecule has 128 valence electrons. The van der Waals surface area contributed by atoms with E-state index in [0.717, 1.165) is 12.6 Å². The molecule has 1 atom stereocenters. The SMILES string of the molecule is C#CCOc1cccc(C=O)c1CN(C)C(CCC=O)C(=O)NC. The van der Waals surface area contributed by atoms with Crippen molar-refractivity contribution >= 4 is 18.5 Å². The Morgan fingerprint density at radius 1 is 1.46 bits per heavy atom. The van der Waals surface area contributed by atoms with Crippen molar-refractivity contribution < 1.29 is 19.1 Å². The fraction of sp³-hybridized carbons (Fsp3) is 0.389. The molecule has 0 spiro atoms. The first kappa shape index (κ1) is 19.4.